The van der Waals surface area contributed by atoms with E-state index in [0.29, 0.717) is 38.7 Å². The Hall–Kier alpha value is -2.46. The van der Waals surface area contributed by atoms with E-state index in [0.717, 1.165) is 37.3 Å². The van der Waals surface area contributed by atoms with Crippen LogP contribution in [-0.4, -0.2) is 109 Å². The fraction of sp³-hybridized carbons (Fsp3) is 0.656. The number of likely N-dealkylation sites (tertiary alicyclic amines) is 1. The minimum absolute atomic E-state index is 0.0452. The van der Waals surface area contributed by atoms with E-state index < -0.39 is 11.1 Å². The average Bonchev–Trinajstić information content (AvgIpc) is 3.45. The molecule has 5 aliphatic rings. The van der Waals surface area contributed by atoms with Crippen molar-refractivity contribution in [3.63, 3.8) is 0 Å². The number of rotatable bonds is 7. The summed E-state index contributed by atoms with van der Waals surface area (Å²) in [5.41, 5.74) is 2.40. The third-order valence-electron chi connectivity index (χ3n) is 10.3. The summed E-state index contributed by atoms with van der Waals surface area (Å²) in [5.74, 6) is 1.82. The highest BCUT2D eigenvalue weighted by Gasteiger charge is 2.55. The number of carbonyl (C=O) groups excluding carboxylic acids is 2. The zero-order chi connectivity index (χ0) is 30.1. The summed E-state index contributed by atoms with van der Waals surface area (Å²) in [6.45, 7) is 7.06. The molecule has 4 heterocycles. The van der Waals surface area contributed by atoms with E-state index in [1.807, 2.05) is 12.1 Å². The van der Waals surface area contributed by atoms with Gasteiger partial charge in [-0.15, -0.1) is 11.8 Å². The SMILES string of the molecule is C=CC(=O)N1CCN(C2NC(OCC3CCCN3C)NC3C(=O)[C@]4(CCC32)Cc2cccc(OC)c2CS4)CC1CC#N. The van der Waals surface area contributed by atoms with Crippen LogP contribution in [0.2, 0.25) is 0 Å². The maximum atomic E-state index is 14.6. The third-order valence-corrected chi connectivity index (χ3v) is 11.9. The number of ether oxygens (including phenoxy) is 2. The lowest BCUT2D eigenvalue weighted by atomic mass is 9.71. The third kappa shape index (κ3) is 5.86. The molecule has 1 saturated carbocycles. The van der Waals surface area contributed by atoms with Crippen molar-refractivity contribution in [3.05, 3.63) is 42.0 Å². The lowest BCUT2D eigenvalue weighted by molar-refractivity contribution is -0.145. The van der Waals surface area contributed by atoms with Crippen molar-refractivity contribution in [1.82, 2.24) is 25.3 Å². The van der Waals surface area contributed by atoms with Gasteiger partial charge in [0.2, 0.25) is 5.91 Å². The molecule has 1 aromatic rings. The lowest BCUT2D eigenvalue weighted by Crippen LogP contribution is -2.75. The minimum atomic E-state index is -0.482. The summed E-state index contributed by atoms with van der Waals surface area (Å²) in [4.78, 5) is 33.6. The summed E-state index contributed by atoms with van der Waals surface area (Å²) in [5, 5.41) is 16.9. The Kier molecular flexibility index (Phi) is 9.15. The highest BCUT2D eigenvalue weighted by atomic mass is 32.2. The Labute approximate surface area is 259 Å². The Morgan fingerprint density at radius 2 is 2.12 bits per heavy atom. The molecular formula is C32H44N6O4S. The number of nitrogens with one attached hydrogen (secondary N) is 2. The molecule has 43 heavy (non-hydrogen) atoms. The van der Waals surface area contributed by atoms with Gasteiger partial charge in [0.05, 0.1) is 49.2 Å². The van der Waals surface area contributed by atoms with Crippen LogP contribution in [0.25, 0.3) is 0 Å². The number of ketones is 1. The Morgan fingerprint density at radius 3 is 2.86 bits per heavy atom. The number of amides is 1. The van der Waals surface area contributed by atoms with Crippen LogP contribution in [0.3, 0.4) is 0 Å². The van der Waals surface area contributed by atoms with E-state index in [9.17, 15) is 14.9 Å². The summed E-state index contributed by atoms with van der Waals surface area (Å²) < 4.78 is 11.6. The Bertz CT molecular complexity index is 1270. The number of carbonyl (C=O) groups is 2. The minimum Gasteiger partial charge on any atom is -0.496 e. The van der Waals surface area contributed by atoms with Crippen LogP contribution in [0.1, 0.15) is 43.2 Å². The first-order valence-corrected chi connectivity index (χ1v) is 16.6. The second-order valence-electron chi connectivity index (χ2n) is 12.6. The molecule has 4 fully saturated rings. The second-order valence-corrected chi connectivity index (χ2v) is 14.0. The predicted molar refractivity (Wildman–Crippen MR) is 165 cm³/mol. The molecule has 1 spiro atoms. The van der Waals surface area contributed by atoms with E-state index in [2.05, 4.69) is 46.2 Å². The monoisotopic (exact) mass is 608 g/mol. The van der Waals surface area contributed by atoms with Crippen molar-refractivity contribution in [1.29, 1.82) is 5.26 Å². The zero-order valence-electron chi connectivity index (χ0n) is 25.3. The Morgan fingerprint density at radius 1 is 1.26 bits per heavy atom. The maximum absolute atomic E-state index is 14.6. The van der Waals surface area contributed by atoms with Gasteiger partial charge in [0.25, 0.3) is 0 Å². The fourth-order valence-electron chi connectivity index (χ4n) is 7.91. The quantitative estimate of drug-likeness (QED) is 0.447. The van der Waals surface area contributed by atoms with Gasteiger partial charge in [-0.25, -0.2) is 0 Å². The number of nitriles is 1. The molecule has 1 aliphatic carbocycles. The van der Waals surface area contributed by atoms with Gasteiger partial charge < -0.3 is 19.3 Å². The first kappa shape index (κ1) is 30.6. The summed E-state index contributed by atoms with van der Waals surface area (Å²) in [6, 6.07) is 8.22. The fourth-order valence-corrected chi connectivity index (χ4v) is 9.44. The number of Topliss-reactive ketones (excluding diaryl/α,β-unsaturated/α-hetero) is 1. The zero-order valence-corrected chi connectivity index (χ0v) is 26.1. The number of thioether (sulfide) groups is 1. The number of likely N-dealkylation sites (N-methyl/N-ethyl adjacent to an activating group) is 1. The molecule has 7 atom stereocenters. The van der Waals surface area contributed by atoms with E-state index in [4.69, 9.17) is 9.47 Å². The standard InChI is InChI=1S/C32H44N6O4S/c1-4-27(39)38-16-15-37(18-22(38)11-13-33)30-24-10-12-32(17-21-7-5-9-26(41-3)25(21)20-43-32)29(40)28(24)34-31(35-30)42-19-23-8-6-14-36(23)2/h4-5,7,9,22-24,28,30-31,34-35H,1,6,8,10-12,14-20H2,2-3H3/t22?,23?,24?,28?,30?,31?,32-/m0/s1. The molecule has 4 aliphatic heterocycles. The van der Waals surface area contributed by atoms with Crippen LogP contribution in [0.4, 0.5) is 0 Å². The van der Waals surface area contributed by atoms with Crippen LogP contribution in [0, 0.1) is 17.2 Å². The highest BCUT2D eigenvalue weighted by Crippen LogP contribution is 2.50. The van der Waals surface area contributed by atoms with Crippen LogP contribution < -0.4 is 15.4 Å². The molecule has 3 saturated heterocycles. The summed E-state index contributed by atoms with van der Waals surface area (Å²) in [6.07, 6.45) is 5.68. The van der Waals surface area contributed by atoms with Crippen molar-refractivity contribution in [2.75, 3.05) is 46.9 Å². The van der Waals surface area contributed by atoms with Gasteiger partial charge in [-0.3, -0.25) is 25.1 Å². The van der Waals surface area contributed by atoms with Crippen molar-refractivity contribution >= 4 is 23.5 Å². The number of nitrogens with zero attached hydrogens (tertiary/aromatic N) is 4. The van der Waals surface area contributed by atoms with Crippen molar-refractivity contribution in [2.24, 2.45) is 5.92 Å². The van der Waals surface area contributed by atoms with Crippen molar-refractivity contribution in [2.45, 2.75) is 79.7 Å². The molecule has 6 rings (SSSR count). The number of piperazine rings is 1. The molecule has 0 radical (unpaired) electrons. The van der Waals surface area contributed by atoms with Gasteiger partial charge >= 0.3 is 0 Å². The van der Waals surface area contributed by atoms with E-state index >= 15 is 0 Å². The largest absolute Gasteiger partial charge is 0.496 e. The average molecular weight is 609 g/mol. The van der Waals surface area contributed by atoms with E-state index in [-0.39, 0.29) is 42.3 Å². The highest BCUT2D eigenvalue weighted by molar-refractivity contribution is 8.00. The molecule has 1 aromatic carbocycles. The maximum Gasteiger partial charge on any atom is 0.246 e. The van der Waals surface area contributed by atoms with Crippen LogP contribution in [0.5, 0.6) is 5.75 Å². The number of hydrogen-bond acceptors (Lipinski definition) is 10. The van der Waals surface area contributed by atoms with Gasteiger partial charge in [0.15, 0.2) is 12.1 Å². The number of hydrogen-bond donors (Lipinski definition) is 2. The number of methoxy groups -OCH3 is 1. The van der Waals surface area contributed by atoms with Crippen molar-refractivity contribution in [3.8, 4) is 11.8 Å². The first-order valence-electron chi connectivity index (χ1n) is 15.6. The second kappa shape index (κ2) is 12.9. The molecule has 11 heteroatoms. The molecule has 0 bridgehead atoms. The van der Waals surface area contributed by atoms with Gasteiger partial charge in [0.1, 0.15) is 5.75 Å². The smallest absolute Gasteiger partial charge is 0.246 e. The van der Waals surface area contributed by atoms with Gasteiger partial charge in [-0.2, -0.15) is 5.26 Å². The van der Waals surface area contributed by atoms with Crippen LogP contribution in [-0.2, 0) is 26.5 Å². The molecular weight excluding hydrogens is 564 g/mol. The first-order chi connectivity index (χ1) is 20.9. The topological polar surface area (TPSA) is 110 Å². The lowest BCUT2D eigenvalue weighted by Gasteiger charge is -2.55. The summed E-state index contributed by atoms with van der Waals surface area (Å²) in [7, 11) is 3.85. The van der Waals surface area contributed by atoms with E-state index in [1.54, 1.807) is 23.8 Å². The van der Waals surface area contributed by atoms with Gasteiger partial charge in [-0.05, 0) is 63.4 Å². The van der Waals surface area contributed by atoms with Gasteiger partial charge in [0, 0.05) is 42.9 Å². The van der Waals surface area contributed by atoms with Crippen molar-refractivity contribution < 1.29 is 19.1 Å². The van der Waals surface area contributed by atoms with Crippen LogP contribution in [0.15, 0.2) is 30.9 Å². The molecule has 0 aromatic heterocycles. The number of benzene rings is 1. The van der Waals surface area contributed by atoms with Gasteiger partial charge in [-0.1, -0.05) is 18.7 Å². The van der Waals surface area contributed by atoms with Crippen LogP contribution >= 0.6 is 11.8 Å². The molecule has 232 valence electrons. The molecule has 1 amide bonds. The normalized spacial score (nSPS) is 34.8. The Balaban J connectivity index is 1.25. The molecule has 6 unspecified atom stereocenters. The summed E-state index contributed by atoms with van der Waals surface area (Å²) >= 11 is 1.77. The predicted octanol–water partition coefficient (Wildman–Crippen LogP) is 2.10. The molecule has 2 N–H and O–H groups in total. The number of fused-ring (bicyclic) bond motifs is 2. The van der Waals surface area contributed by atoms with E-state index in [1.165, 1.54) is 23.6 Å². The molecule has 10 nitrogen and oxygen atoms in total.